The summed E-state index contributed by atoms with van der Waals surface area (Å²) in [5.74, 6) is -2.52. The zero-order valence-corrected chi connectivity index (χ0v) is 28.3. The van der Waals surface area contributed by atoms with Crippen LogP contribution in [0.4, 0.5) is 0 Å². The Morgan fingerprint density at radius 2 is 1.20 bits per heavy atom. The Morgan fingerprint density at radius 3 is 1.51 bits per heavy atom. The first-order valence-electron chi connectivity index (χ1n) is 15.0. The number of ether oxygens (including phenoxy) is 1. The average molecular weight is 609 g/mol. The Kier molecular flexibility index (Phi) is 28.4. The van der Waals surface area contributed by atoms with Gasteiger partial charge in [0, 0.05) is 0 Å². The fraction of sp³-hybridized carbons (Fsp3) is 0.710. The van der Waals surface area contributed by atoms with Crippen LogP contribution in [0.25, 0.3) is 0 Å². The minimum Gasteiger partial charge on any atom is -0.493 e. The molecule has 0 spiro atoms. The normalized spacial score (nSPS) is 12.4. The number of carboxylic acid groups (broad SMARTS) is 2. The third-order valence-electron chi connectivity index (χ3n) is 6.74. The largest absolute Gasteiger partial charge is 1.00 e. The quantitative estimate of drug-likeness (QED) is 0.0637. The molecule has 0 radical (unpaired) electrons. The number of benzene rings is 1. The van der Waals surface area contributed by atoms with Gasteiger partial charge in [0.25, 0.3) is 10.1 Å². The van der Waals surface area contributed by atoms with E-state index in [4.69, 9.17) is 19.5 Å². The predicted octanol–water partition coefficient (Wildman–Crippen LogP) is 5.12. The van der Waals surface area contributed by atoms with Crippen molar-refractivity contribution >= 4 is 22.1 Å². The van der Waals surface area contributed by atoms with Gasteiger partial charge in [-0.25, -0.2) is 0 Å². The van der Waals surface area contributed by atoms with Gasteiger partial charge in [0.2, 0.25) is 0 Å². The van der Waals surface area contributed by atoms with Gasteiger partial charge in [-0.3, -0.25) is 14.1 Å². The first-order chi connectivity index (χ1) is 19.1. The van der Waals surface area contributed by atoms with Crippen LogP contribution in [0.1, 0.15) is 129 Å². The maximum absolute atomic E-state index is 10.2. The second-order valence-corrected chi connectivity index (χ2v) is 12.0. The van der Waals surface area contributed by atoms with E-state index in [0.29, 0.717) is 0 Å². The summed E-state index contributed by atoms with van der Waals surface area (Å²) >= 11 is 0. The number of carboxylic acids is 2. The Bertz CT molecular complexity index is 864. The van der Waals surface area contributed by atoms with Crippen molar-refractivity contribution in [3.63, 3.8) is 0 Å². The number of rotatable bonds is 24. The summed E-state index contributed by atoms with van der Waals surface area (Å²) in [6.07, 6.45) is 23.8. The minimum atomic E-state index is -4.84. The van der Waals surface area contributed by atoms with E-state index in [9.17, 15) is 18.0 Å². The number of carbonyl (C=O) groups is 2. The minimum absolute atomic E-state index is 0. The van der Waals surface area contributed by atoms with Crippen molar-refractivity contribution < 1.29 is 67.1 Å². The predicted molar refractivity (Wildman–Crippen MR) is 160 cm³/mol. The molecule has 1 aromatic carbocycles. The van der Waals surface area contributed by atoms with Crippen molar-refractivity contribution in [1.29, 1.82) is 0 Å². The SMILES string of the molecule is O=C(O)CC(C(=O)O)S(=O)(=O)O.[CH2-]CC(CCCCCCCCCCCCCCCCCC)Oc1ccccc1.[Na+]. The number of hydrogen-bond acceptors (Lipinski definition) is 5. The van der Waals surface area contributed by atoms with E-state index in [0.717, 1.165) is 18.6 Å². The van der Waals surface area contributed by atoms with Crippen LogP contribution in [0.15, 0.2) is 30.3 Å². The summed E-state index contributed by atoms with van der Waals surface area (Å²) in [5.41, 5.74) is 0. The maximum atomic E-state index is 10.2. The van der Waals surface area contributed by atoms with Crippen LogP contribution in [0.3, 0.4) is 0 Å². The number of aliphatic carboxylic acids is 2. The molecule has 0 aliphatic heterocycles. The molecule has 10 heteroatoms. The van der Waals surface area contributed by atoms with Crippen molar-refractivity contribution in [1.82, 2.24) is 0 Å². The zero-order valence-electron chi connectivity index (χ0n) is 25.5. The van der Waals surface area contributed by atoms with E-state index >= 15 is 0 Å². The summed E-state index contributed by atoms with van der Waals surface area (Å²) in [6.45, 7) is 6.34. The number of para-hydroxylation sites is 1. The van der Waals surface area contributed by atoms with Gasteiger partial charge in [-0.2, -0.15) is 8.42 Å². The van der Waals surface area contributed by atoms with Crippen molar-refractivity contribution in [2.24, 2.45) is 0 Å². The van der Waals surface area contributed by atoms with Crippen molar-refractivity contribution in [3.05, 3.63) is 37.3 Å². The molecule has 232 valence electrons. The Morgan fingerprint density at radius 1 is 0.780 bits per heavy atom. The molecule has 8 nitrogen and oxygen atoms in total. The first kappa shape index (κ1) is 42.0. The van der Waals surface area contributed by atoms with E-state index in [2.05, 4.69) is 13.8 Å². The van der Waals surface area contributed by atoms with Gasteiger partial charge in [0.05, 0.1) is 12.5 Å². The smallest absolute Gasteiger partial charge is 0.493 e. The van der Waals surface area contributed by atoms with Crippen LogP contribution >= 0.6 is 0 Å². The molecule has 3 N–H and O–H groups in total. The molecule has 0 aliphatic carbocycles. The third-order valence-corrected chi connectivity index (χ3v) is 7.83. The fourth-order valence-electron chi connectivity index (χ4n) is 4.35. The molecule has 0 bridgehead atoms. The van der Waals surface area contributed by atoms with Crippen LogP contribution in [0, 0.1) is 6.92 Å². The molecule has 0 saturated carbocycles. The molecule has 0 aliphatic rings. The molecule has 1 aromatic rings. The number of hydrogen-bond donors (Lipinski definition) is 3. The zero-order chi connectivity index (χ0) is 30.1. The van der Waals surface area contributed by atoms with Crippen molar-refractivity contribution in [2.75, 3.05) is 0 Å². The summed E-state index contributed by atoms with van der Waals surface area (Å²) in [5, 5.41) is 13.9. The van der Waals surface area contributed by atoms with Gasteiger partial charge in [0.15, 0.2) is 5.25 Å². The topological polar surface area (TPSA) is 138 Å². The van der Waals surface area contributed by atoms with Crippen LogP contribution < -0.4 is 34.3 Å². The van der Waals surface area contributed by atoms with E-state index in [1.54, 1.807) is 0 Å². The van der Waals surface area contributed by atoms with Gasteiger partial charge in [0.1, 0.15) is 5.75 Å². The second-order valence-electron chi connectivity index (χ2n) is 10.4. The molecule has 2 unspecified atom stereocenters. The third kappa shape index (κ3) is 26.2. The maximum Gasteiger partial charge on any atom is 1.00 e. The van der Waals surface area contributed by atoms with Gasteiger partial charge < -0.3 is 21.9 Å². The molecule has 0 saturated heterocycles. The first-order valence-corrected chi connectivity index (χ1v) is 16.5. The number of unbranched alkanes of at least 4 members (excludes halogenated alkanes) is 15. The summed E-state index contributed by atoms with van der Waals surface area (Å²) in [4.78, 5) is 20.0. The summed E-state index contributed by atoms with van der Waals surface area (Å²) < 4.78 is 34.7. The van der Waals surface area contributed by atoms with E-state index in [-0.39, 0.29) is 35.7 Å². The monoisotopic (exact) mass is 608 g/mol. The fourth-order valence-corrected chi connectivity index (χ4v) is 4.96. The van der Waals surface area contributed by atoms with Crippen LogP contribution in [0.5, 0.6) is 5.75 Å². The summed E-state index contributed by atoms with van der Waals surface area (Å²) in [6, 6.07) is 10.2. The van der Waals surface area contributed by atoms with Crippen molar-refractivity contribution in [3.8, 4) is 5.75 Å². The Labute approximate surface area is 271 Å². The van der Waals surface area contributed by atoms with Gasteiger partial charge in [-0.1, -0.05) is 121 Å². The van der Waals surface area contributed by atoms with Gasteiger partial charge >= 0.3 is 41.5 Å². The van der Waals surface area contributed by atoms with E-state index in [1.165, 1.54) is 103 Å². The molecule has 0 heterocycles. The van der Waals surface area contributed by atoms with Crippen molar-refractivity contribution in [2.45, 2.75) is 140 Å². The van der Waals surface area contributed by atoms with Gasteiger partial charge in [-0.05, 0) is 25.0 Å². The molecule has 0 fully saturated rings. The molecular weight excluding hydrogens is 555 g/mol. The molecule has 41 heavy (non-hydrogen) atoms. The van der Waals surface area contributed by atoms with Crippen LogP contribution in [0.2, 0.25) is 0 Å². The molecule has 0 amide bonds. The Balaban J connectivity index is 0. The molecule has 2 atom stereocenters. The van der Waals surface area contributed by atoms with E-state index < -0.39 is 33.7 Å². The summed E-state index contributed by atoms with van der Waals surface area (Å²) in [7, 11) is -4.84. The molecule has 0 aromatic heterocycles. The average Bonchev–Trinajstić information content (AvgIpc) is 2.91. The Hall–Kier alpha value is -1.13. The molecule has 1 rings (SSSR count). The van der Waals surface area contributed by atoms with Crippen LogP contribution in [-0.4, -0.2) is 46.5 Å². The standard InChI is InChI=1S/C27H47O.C4H6O7S.Na/c1-3-5-6-7-8-9-10-11-12-13-14-15-16-17-18-20-23-26(4-2)28-27-24-21-19-22-25-27;5-3(6)1-2(4(7)8)12(9,10)11;/h19,21-22,24-26H,2-18,20,23H2,1H3;2H,1H2,(H,5,6)(H,7,8)(H,9,10,11);/q-1;;+1. The second kappa shape index (κ2) is 27.7. The molecular formula is C31H53NaO8S. The van der Waals surface area contributed by atoms with Crippen LogP contribution in [-0.2, 0) is 19.7 Å². The van der Waals surface area contributed by atoms with Gasteiger partial charge in [-0.15, -0.1) is 6.42 Å². The van der Waals surface area contributed by atoms with E-state index in [1.807, 2.05) is 30.3 Å².